The number of hydrogen-bond donors (Lipinski definition) is 0. The van der Waals surface area contributed by atoms with Crippen LogP contribution in [-0.2, 0) is 9.53 Å². The third kappa shape index (κ3) is 16.8. The third-order valence-electron chi connectivity index (χ3n) is 5.99. The van der Waals surface area contributed by atoms with Crippen molar-refractivity contribution in [3.8, 4) is 0 Å². The van der Waals surface area contributed by atoms with E-state index in [0.717, 1.165) is 18.4 Å². The SMILES string of the molecule is C=C(CC=Cc1ccccc1)C(=O)OCCCCCCCCCCCCCCCCCC. The van der Waals surface area contributed by atoms with E-state index in [1.807, 2.05) is 42.5 Å². The van der Waals surface area contributed by atoms with E-state index in [2.05, 4.69) is 13.5 Å². The van der Waals surface area contributed by atoms with Crippen molar-refractivity contribution in [2.75, 3.05) is 6.61 Å². The van der Waals surface area contributed by atoms with E-state index in [1.165, 1.54) is 89.9 Å². The maximum absolute atomic E-state index is 12.0. The smallest absolute Gasteiger partial charge is 0.333 e. The van der Waals surface area contributed by atoms with Crippen LogP contribution in [0.4, 0.5) is 0 Å². The number of benzene rings is 1. The van der Waals surface area contributed by atoms with Crippen molar-refractivity contribution in [1.29, 1.82) is 0 Å². The van der Waals surface area contributed by atoms with Crippen LogP contribution >= 0.6 is 0 Å². The van der Waals surface area contributed by atoms with E-state index >= 15 is 0 Å². The number of hydrogen-bond acceptors (Lipinski definition) is 2. The number of rotatable bonds is 21. The first kappa shape index (κ1) is 28.2. The minimum Gasteiger partial charge on any atom is -0.462 e. The molecule has 0 aromatic heterocycles. The Morgan fingerprint density at radius 2 is 1.22 bits per heavy atom. The van der Waals surface area contributed by atoms with Crippen LogP contribution in [0.1, 0.15) is 122 Å². The summed E-state index contributed by atoms with van der Waals surface area (Å²) in [6.45, 7) is 6.65. The normalized spacial score (nSPS) is 11.2. The van der Waals surface area contributed by atoms with Crippen LogP contribution in [-0.4, -0.2) is 12.6 Å². The van der Waals surface area contributed by atoms with Gasteiger partial charge in [-0.2, -0.15) is 0 Å². The van der Waals surface area contributed by atoms with Gasteiger partial charge in [0.2, 0.25) is 0 Å². The average molecular weight is 441 g/mol. The summed E-state index contributed by atoms with van der Waals surface area (Å²) in [5.74, 6) is -0.260. The van der Waals surface area contributed by atoms with E-state index < -0.39 is 0 Å². The Morgan fingerprint density at radius 1 is 0.750 bits per heavy atom. The molecule has 2 nitrogen and oxygen atoms in total. The van der Waals surface area contributed by atoms with Gasteiger partial charge in [-0.15, -0.1) is 0 Å². The topological polar surface area (TPSA) is 26.3 Å². The lowest BCUT2D eigenvalue weighted by Crippen LogP contribution is -2.07. The molecule has 0 amide bonds. The zero-order chi connectivity index (χ0) is 23.1. The molecule has 0 radical (unpaired) electrons. The van der Waals surface area contributed by atoms with Crippen molar-refractivity contribution in [2.45, 2.75) is 116 Å². The summed E-state index contributed by atoms with van der Waals surface area (Å²) in [5.41, 5.74) is 1.65. The Kier molecular flexibility index (Phi) is 18.5. The second-order valence-electron chi connectivity index (χ2n) is 9.06. The Bertz CT molecular complexity index is 603. The zero-order valence-corrected chi connectivity index (χ0v) is 20.8. The van der Waals surface area contributed by atoms with Crippen LogP contribution in [0.5, 0.6) is 0 Å². The number of allylic oxidation sites excluding steroid dienone is 1. The molecule has 0 aliphatic carbocycles. The van der Waals surface area contributed by atoms with Gasteiger partial charge in [0.05, 0.1) is 6.61 Å². The molecular weight excluding hydrogens is 392 g/mol. The van der Waals surface area contributed by atoms with Crippen molar-refractivity contribution in [3.05, 3.63) is 54.1 Å². The molecule has 0 saturated heterocycles. The predicted molar refractivity (Wildman–Crippen MR) is 140 cm³/mol. The second kappa shape index (κ2) is 21.0. The van der Waals surface area contributed by atoms with Gasteiger partial charge >= 0.3 is 5.97 Å². The Hall–Kier alpha value is -1.83. The van der Waals surface area contributed by atoms with Crippen molar-refractivity contribution in [1.82, 2.24) is 0 Å². The Balaban J connectivity index is 1.83. The van der Waals surface area contributed by atoms with Crippen LogP contribution in [0.25, 0.3) is 6.08 Å². The van der Waals surface area contributed by atoms with Crippen LogP contribution < -0.4 is 0 Å². The standard InChI is InChI=1S/C30H48O2/c1-3-4-5-6-7-8-9-10-11-12-13-14-15-16-17-21-27-32-30(31)28(2)23-22-26-29-24-19-18-20-25-29/h18-20,22,24-26H,2-17,21,23,27H2,1H3. The van der Waals surface area contributed by atoms with E-state index in [1.54, 1.807) is 0 Å². The highest BCUT2D eigenvalue weighted by Gasteiger charge is 2.06. The quantitative estimate of drug-likeness (QED) is 0.108. The van der Waals surface area contributed by atoms with Crippen LogP contribution in [0, 0.1) is 0 Å². The van der Waals surface area contributed by atoms with Gasteiger partial charge in [0.15, 0.2) is 0 Å². The molecule has 0 atom stereocenters. The lowest BCUT2D eigenvalue weighted by atomic mass is 10.0. The summed E-state index contributed by atoms with van der Waals surface area (Å²) in [7, 11) is 0. The first-order valence-electron chi connectivity index (χ1n) is 13.3. The lowest BCUT2D eigenvalue weighted by Gasteiger charge is -2.06. The molecule has 180 valence electrons. The zero-order valence-electron chi connectivity index (χ0n) is 20.8. The van der Waals surface area contributed by atoms with E-state index in [4.69, 9.17) is 4.74 Å². The molecular formula is C30H48O2. The summed E-state index contributed by atoms with van der Waals surface area (Å²) in [4.78, 5) is 12.0. The molecule has 0 bridgehead atoms. The molecule has 0 unspecified atom stereocenters. The molecule has 0 N–H and O–H groups in total. The van der Waals surface area contributed by atoms with Gasteiger partial charge in [0, 0.05) is 5.57 Å². The first-order chi connectivity index (χ1) is 15.7. The highest BCUT2D eigenvalue weighted by atomic mass is 16.5. The van der Waals surface area contributed by atoms with Crippen molar-refractivity contribution < 1.29 is 9.53 Å². The van der Waals surface area contributed by atoms with E-state index in [0.29, 0.717) is 18.6 Å². The lowest BCUT2D eigenvalue weighted by molar-refractivity contribution is -0.139. The fourth-order valence-electron chi connectivity index (χ4n) is 3.90. The van der Waals surface area contributed by atoms with Gasteiger partial charge < -0.3 is 4.74 Å². The van der Waals surface area contributed by atoms with Crippen LogP contribution in [0.2, 0.25) is 0 Å². The summed E-state index contributed by atoms with van der Waals surface area (Å²) >= 11 is 0. The van der Waals surface area contributed by atoms with Crippen molar-refractivity contribution >= 4 is 12.0 Å². The summed E-state index contributed by atoms with van der Waals surface area (Å²) in [6.07, 6.45) is 26.1. The fraction of sp³-hybridized carbons (Fsp3) is 0.633. The van der Waals surface area contributed by atoms with Gasteiger partial charge in [-0.3, -0.25) is 0 Å². The largest absolute Gasteiger partial charge is 0.462 e. The highest BCUT2D eigenvalue weighted by molar-refractivity contribution is 5.88. The number of esters is 1. The molecule has 1 aromatic carbocycles. The fourth-order valence-corrected chi connectivity index (χ4v) is 3.90. The molecule has 0 aliphatic heterocycles. The Labute approximate surface area is 198 Å². The monoisotopic (exact) mass is 440 g/mol. The second-order valence-corrected chi connectivity index (χ2v) is 9.06. The van der Waals surface area contributed by atoms with Gasteiger partial charge in [0.1, 0.15) is 0 Å². The number of carbonyl (C=O) groups is 1. The summed E-state index contributed by atoms with van der Waals surface area (Å²) in [6, 6.07) is 10.1. The maximum Gasteiger partial charge on any atom is 0.333 e. The summed E-state index contributed by atoms with van der Waals surface area (Å²) < 4.78 is 5.35. The van der Waals surface area contributed by atoms with Crippen molar-refractivity contribution in [2.24, 2.45) is 0 Å². The number of unbranched alkanes of at least 4 members (excludes halogenated alkanes) is 15. The minimum absolute atomic E-state index is 0.260. The van der Waals surface area contributed by atoms with Crippen molar-refractivity contribution in [3.63, 3.8) is 0 Å². The van der Waals surface area contributed by atoms with E-state index in [-0.39, 0.29) is 5.97 Å². The minimum atomic E-state index is -0.260. The molecule has 0 fully saturated rings. The van der Waals surface area contributed by atoms with Gasteiger partial charge in [-0.25, -0.2) is 4.79 Å². The maximum atomic E-state index is 12.0. The highest BCUT2D eigenvalue weighted by Crippen LogP contribution is 2.14. The summed E-state index contributed by atoms with van der Waals surface area (Å²) in [5, 5.41) is 0. The third-order valence-corrected chi connectivity index (χ3v) is 5.99. The molecule has 0 spiro atoms. The van der Waals surface area contributed by atoms with Gasteiger partial charge in [-0.05, 0) is 18.4 Å². The predicted octanol–water partition coefficient (Wildman–Crippen LogP) is 9.45. The average Bonchev–Trinajstić information content (AvgIpc) is 2.81. The van der Waals surface area contributed by atoms with Gasteiger partial charge in [0.25, 0.3) is 0 Å². The number of carbonyl (C=O) groups excluding carboxylic acids is 1. The molecule has 0 heterocycles. The molecule has 0 aliphatic rings. The molecule has 32 heavy (non-hydrogen) atoms. The van der Waals surface area contributed by atoms with Crippen LogP contribution in [0.3, 0.4) is 0 Å². The first-order valence-corrected chi connectivity index (χ1v) is 13.3. The number of ether oxygens (including phenoxy) is 1. The molecule has 1 rings (SSSR count). The van der Waals surface area contributed by atoms with E-state index in [9.17, 15) is 4.79 Å². The molecule has 0 saturated carbocycles. The molecule has 2 heteroatoms. The Morgan fingerprint density at radius 3 is 1.72 bits per heavy atom. The molecule has 1 aromatic rings. The van der Waals surface area contributed by atoms with Crippen LogP contribution in [0.15, 0.2) is 48.6 Å². The van der Waals surface area contributed by atoms with Gasteiger partial charge in [-0.1, -0.05) is 152 Å².